The summed E-state index contributed by atoms with van der Waals surface area (Å²) < 4.78 is 38.9. The Hall–Kier alpha value is -2.31. The minimum atomic E-state index is -1.56. The molecule has 0 radical (unpaired) electrons. The number of hydrogen-bond donors (Lipinski definition) is 1. The molecule has 1 aromatic rings. The Morgan fingerprint density at radius 1 is 1.14 bits per heavy atom. The molecular formula is C15H14F3NO3. The van der Waals surface area contributed by atoms with Gasteiger partial charge in [-0.1, -0.05) is 0 Å². The average Bonchev–Trinajstić information content (AvgIpc) is 2.50. The number of benzene rings is 1. The van der Waals surface area contributed by atoms with E-state index in [4.69, 9.17) is 5.11 Å². The number of halogens is 3. The number of rotatable bonds is 3. The molecule has 0 bridgehead atoms. The van der Waals surface area contributed by atoms with Crippen molar-refractivity contribution in [1.82, 2.24) is 4.90 Å². The second-order valence-electron chi connectivity index (χ2n) is 5.07. The molecule has 1 aliphatic rings. The summed E-state index contributed by atoms with van der Waals surface area (Å²) in [5.74, 6) is -5.91. The number of carboxylic acids is 1. The summed E-state index contributed by atoms with van der Waals surface area (Å²) in [6.45, 7) is 0.624. The van der Waals surface area contributed by atoms with Crippen LogP contribution >= 0.6 is 0 Å². The Labute approximate surface area is 124 Å². The van der Waals surface area contributed by atoms with Crippen LogP contribution in [0.15, 0.2) is 18.2 Å². The monoisotopic (exact) mass is 313 g/mol. The highest BCUT2D eigenvalue weighted by atomic mass is 19.2. The maximum Gasteiger partial charge on any atom is 0.306 e. The van der Waals surface area contributed by atoms with Gasteiger partial charge in [0.05, 0.1) is 5.92 Å². The number of likely N-dealkylation sites (tertiary alicyclic amines) is 1. The summed E-state index contributed by atoms with van der Waals surface area (Å²) in [7, 11) is 0. The molecule has 0 atom stereocenters. The molecular weight excluding hydrogens is 299 g/mol. The van der Waals surface area contributed by atoms with Gasteiger partial charge in [0.1, 0.15) is 0 Å². The minimum absolute atomic E-state index is 0.0326. The van der Waals surface area contributed by atoms with Gasteiger partial charge in [-0.15, -0.1) is 0 Å². The number of carboxylic acid groups (broad SMARTS) is 1. The Balaban J connectivity index is 1.99. The van der Waals surface area contributed by atoms with Crippen LogP contribution in [0.3, 0.4) is 0 Å². The third-order valence-corrected chi connectivity index (χ3v) is 3.58. The Morgan fingerprint density at radius 2 is 1.68 bits per heavy atom. The van der Waals surface area contributed by atoms with Crippen LogP contribution < -0.4 is 0 Å². The molecule has 0 spiro atoms. The van der Waals surface area contributed by atoms with Gasteiger partial charge in [-0.2, -0.15) is 0 Å². The maximum absolute atomic E-state index is 13.0. The minimum Gasteiger partial charge on any atom is -0.481 e. The highest BCUT2D eigenvalue weighted by Gasteiger charge is 2.25. The average molecular weight is 313 g/mol. The van der Waals surface area contributed by atoms with Gasteiger partial charge in [-0.25, -0.2) is 13.2 Å². The molecule has 22 heavy (non-hydrogen) atoms. The van der Waals surface area contributed by atoms with E-state index in [2.05, 4.69) is 0 Å². The standard InChI is InChI=1S/C15H14F3NO3/c16-11-7-9(8-12(17)14(11)18)1-2-13(20)19-5-3-10(4-6-19)15(21)22/h1-2,7-8,10H,3-6H2,(H,21,22)/b2-1+. The molecule has 0 aliphatic carbocycles. The number of hydrogen-bond acceptors (Lipinski definition) is 2. The van der Waals surface area contributed by atoms with Crippen LogP contribution in [0.25, 0.3) is 6.08 Å². The van der Waals surface area contributed by atoms with Crippen molar-refractivity contribution in [3.05, 3.63) is 41.2 Å². The lowest BCUT2D eigenvalue weighted by Gasteiger charge is -2.29. The van der Waals surface area contributed by atoms with Crippen LogP contribution in [-0.4, -0.2) is 35.0 Å². The zero-order chi connectivity index (χ0) is 16.3. The van der Waals surface area contributed by atoms with Crippen molar-refractivity contribution < 1.29 is 27.9 Å². The molecule has 1 fully saturated rings. The van der Waals surface area contributed by atoms with E-state index in [-0.39, 0.29) is 11.5 Å². The molecule has 1 N–H and O–H groups in total. The van der Waals surface area contributed by atoms with Gasteiger partial charge >= 0.3 is 5.97 Å². The van der Waals surface area contributed by atoms with Gasteiger partial charge < -0.3 is 10.0 Å². The Kier molecular flexibility index (Phi) is 4.85. The predicted octanol–water partition coefficient (Wildman–Crippen LogP) is 2.44. The van der Waals surface area contributed by atoms with Crippen molar-refractivity contribution in [2.45, 2.75) is 12.8 Å². The first-order valence-electron chi connectivity index (χ1n) is 6.73. The number of nitrogens with zero attached hydrogens (tertiary/aromatic N) is 1. The quantitative estimate of drug-likeness (QED) is 0.689. The van der Waals surface area contributed by atoms with Crippen molar-refractivity contribution in [2.75, 3.05) is 13.1 Å². The summed E-state index contributed by atoms with van der Waals surface area (Å²) in [4.78, 5) is 24.2. The van der Waals surface area contributed by atoms with Crippen LogP contribution in [0.2, 0.25) is 0 Å². The number of amides is 1. The number of aliphatic carboxylic acids is 1. The molecule has 1 heterocycles. The van der Waals surface area contributed by atoms with E-state index in [9.17, 15) is 22.8 Å². The van der Waals surface area contributed by atoms with E-state index in [1.807, 2.05) is 0 Å². The third-order valence-electron chi connectivity index (χ3n) is 3.58. The zero-order valence-corrected chi connectivity index (χ0v) is 11.6. The summed E-state index contributed by atoms with van der Waals surface area (Å²) in [5.41, 5.74) is 0.0326. The second kappa shape index (κ2) is 6.64. The van der Waals surface area contributed by atoms with Crippen LogP contribution in [0.5, 0.6) is 0 Å². The summed E-state index contributed by atoms with van der Waals surface area (Å²) in [6.07, 6.45) is 3.06. The van der Waals surface area contributed by atoms with Crippen LogP contribution in [0, 0.1) is 23.4 Å². The van der Waals surface area contributed by atoms with E-state index in [0.717, 1.165) is 18.2 Å². The molecule has 1 aliphatic heterocycles. The first-order chi connectivity index (χ1) is 10.4. The number of carbonyl (C=O) groups is 2. The molecule has 1 aromatic carbocycles. The molecule has 0 unspecified atom stereocenters. The van der Waals surface area contributed by atoms with Gasteiger partial charge in [0, 0.05) is 19.2 Å². The molecule has 7 heteroatoms. The lowest BCUT2D eigenvalue weighted by atomic mass is 9.97. The van der Waals surface area contributed by atoms with Gasteiger partial charge in [0.15, 0.2) is 17.5 Å². The normalized spacial score (nSPS) is 16.2. The molecule has 0 saturated carbocycles. The second-order valence-corrected chi connectivity index (χ2v) is 5.07. The Bertz CT molecular complexity index is 599. The topological polar surface area (TPSA) is 57.6 Å². The van der Waals surface area contributed by atoms with Crippen molar-refractivity contribution in [1.29, 1.82) is 0 Å². The van der Waals surface area contributed by atoms with E-state index in [1.165, 1.54) is 11.0 Å². The van der Waals surface area contributed by atoms with E-state index in [0.29, 0.717) is 25.9 Å². The fraction of sp³-hybridized carbons (Fsp3) is 0.333. The zero-order valence-electron chi connectivity index (χ0n) is 11.6. The summed E-state index contributed by atoms with van der Waals surface area (Å²) in [6, 6.07) is 1.58. The smallest absolute Gasteiger partial charge is 0.306 e. The van der Waals surface area contributed by atoms with E-state index >= 15 is 0 Å². The summed E-state index contributed by atoms with van der Waals surface area (Å²) >= 11 is 0. The fourth-order valence-electron chi connectivity index (χ4n) is 2.29. The highest BCUT2D eigenvalue weighted by Crippen LogP contribution is 2.18. The van der Waals surface area contributed by atoms with Crippen LogP contribution in [0.1, 0.15) is 18.4 Å². The molecule has 0 aromatic heterocycles. The summed E-state index contributed by atoms with van der Waals surface area (Å²) in [5, 5.41) is 8.87. The first-order valence-corrected chi connectivity index (χ1v) is 6.73. The van der Waals surface area contributed by atoms with Crippen molar-refractivity contribution in [3.63, 3.8) is 0 Å². The van der Waals surface area contributed by atoms with Gasteiger partial charge in [0.2, 0.25) is 5.91 Å². The van der Waals surface area contributed by atoms with Gasteiger partial charge in [0.25, 0.3) is 0 Å². The molecule has 4 nitrogen and oxygen atoms in total. The lowest BCUT2D eigenvalue weighted by molar-refractivity contribution is -0.144. The maximum atomic E-state index is 13.0. The fourth-order valence-corrected chi connectivity index (χ4v) is 2.29. The predicted molar refractivity (Wildman–Crippen MR) is 72.3 cm³/mol. The third kappa shape index (κ3) is 3.66. The molecule has 1 saturated heterocycles. The van der Waals surface area contributed by atoms with Crippen LogP contribution in [-0.2, 0) is 9.59 Å². The highest BCUT2D eigenvalue weighted by molar-refractivity contribution is 5.92. The molecule has 1 amide bonds. The van der Waals surface area contributed by atoms with Gasteiger partial charge in [-0.05, 0) is 36.6 Å². The largest absolute Gasteiger partial charge is 0.481 e. The SMILES string of the molecule is O=C(O)C1CCN(C(=O)/C=C/c2cc(F)c(F)c(F)c2)CC1. The van der Waals surface area contributed by atoms with Crippen molar-refractivity contribution in [3.8, 4) is 0 Å². The van der Waals surface area contributed by atoms with E-state index < -0.39 is 29.3 Å². The van der Waals surface area contributed by atoms with Crippen molar-refractivity contribution in [2.24, 2.45) is 5.92 Å². The van der Waals surface area contributed by atoms with Gasteiger partial charge in [-0.3, -0.25) is 9.59 Å². The molecule has 118 valence electrons. The van der Waals surface area contributed by atoms with Crippen molar-refractivity contribution >= 4 is 18.0 Å². The molecule has 2 rings (SSSR count). The van der Waals surface area contributed by atoms with Crippen LogP contribution in [0.4, 0.5) is 13.2 Å². The Morgan fingerprint density at radius 3 is 2.18 bits per heavy atom. The number of piperidine rings is 1. The number of carbonyl (C=O) groups excluding carboxylic acids is 1. The lowest BCUT2D eigenvalue weighted by Crippen LogP contribution is -2.39. The first kappa shape index (κ1) is 16.1. The van der Waals surface area contributed by atoms with E-state index in [1.54, 1.807) is 0 Å².